The van der Waals surface area contributed by atoms with Gasteiger partial charge in [0, 0.05) is 5.56 Å². The number of benzene rings is 1. The standard InChI is InChI=1S/C12H13FO6/c1-19-12(18)7-4-2-3-6(10(7)13)11(17)8(14)5-9(15)16/h2-4,8,11,14,17H,5H2,1H3,(H,15,16). The summed E-state index contributed by atoms with van der Waals surface area (Å²) in [6.07, 6.45) is -4.18. The zero-order valence-corrected chi connectivity index (χ0v) is 10.0. The van der Waals surface area contributed by atoms with E-state index in [0.717, 1.165) is 19.2 Å². The normalized spacial score (nSPS) is 13.7. The van der Waals surface area contributed by atoms with Crippen LogP contribution in [0, 0.1) is 5.82 Å². The topological polar surface area (TPSA) is 104 Å². The van der Waals surface area contributed by atoms with Gasteiger partial charge in [-0.15, -0.1) is 0 Å². The van der Waals surface area contributed by atoms with Gasteiger partial charge in [-0.05, 0) is 6.07 Å². The molecule has 2 atom stereocenters. The third kappa shape index (κ3) is 3.49. The van der Waals surface area contributed by atoms with Gasteiger partial charge in [0.05, 0.1) is 25.2 Å². The highest BCUT2D eigenvalue weighted by Gasteiger charge is 2.26. The number of methoxy groups -OCH3 is 1. The van der Waals surface area contributed by atoms with Crippen LogP contribution in [0.3, 0.4) is 0 Å². The summed E-state index contributed by atoms with van der Waals surface area (Å²) in [7, 11) is 1.07. The van der Waals surface area contributed by atoms with Crippen LogP contribution < -0.4 is 0 Å². The van der Waals surface area contributed by atoms with E-state index in [9.17, 15) is 24.2 Å². The maximum atomic E-state index is 13.9. The fraction of sp³-hybridized carbons (Fsp3) is 0.333. The predicted molar refractivity (Wildman–Crippen MR) is 61.0 cm³/mol. The molecule has 0 aliphatic heterocycles. The van der Waals surface area contributed by atoms with E-state index in [1.165, 1.54) is 6.07 Å². The van der Waals surface area contributed by atoms with Crippen LogP contribution in [-0.2, 0) is 9.53 Å². The van der Waals surface area contributed by atoms with Gasteiger partial charge in [-0.2, -0.15) is 0 Å². The van der Waals surface area contributed by atoms with E-state index >= 15 is 0 Å². The van der Waals surface area contributed by atoms with E-state index in [1.54, 1.807) is 0 Å². The molecule has 19 heavy (non-hydrogen) atoms. The Bertz CT molecular complexity index is 487. The number of esters is 1. The van der Waals surface area contributed by atoms with Gasteiger partial charge >= 0.3 is 11.9 Å². The number of hydrogen-bond acceptors (Lipinski definition) is 5. The van der Waals surface area contributed by atoms with Crippen LogP contribution in [0.2, 0.25) is 0 Å². The number of carboxylic acid groups (broad SMARTS) is 1. The number of hydrogen-bond donors (Lipinski definition) is 3. The smallest absolute Gasteiger partial charge is 0.340 e. The molecule has 0 aliphatic carbocycles. The Kier molecular flexibility index (Phi) is 4.96. The minimum absolute atomic E-state index is 0.364. The predicted octanol–water partition coefficient (Wildman–Crippen LogP) is 0.481. The lowest BCUT2D eigenvalue weighted by atomic mass is 9.99. The largest absolute Gasteiger partial charge is 0.481 e. The molecular formula is C12H13FO6. The zero-order chi connectivity index (χ0) is 14.6. The first-order valence-electron chi connectivity index (χ1n) is 5.33. The first kappa shape index (κ1) is 15.1. The molecule has 0 amide bonds. The molecule has 0 spiro atoms. The third-order valence-corrected chi connectivity index (χ3v) is 2.50. The lowest BCUT2D eigenvalue weighted by molar-refractivity contribution is -0.141. The van der Waals surface area contributed by atoms with Crippen molar-refractivity contribution >= 4 is 11.9 Å². The van der Waals surface area contributed by atoms with Crippen molar-refractivity contribution in [3.05, 3.63) is 35.1 Å². The number of aliphatic carboxylic acids is 1. The molecule has 104 valence electrons. The summed E-state index contributed by atoms with van der Waals surface area (Å²) in [6.45, 7) is 0. The van der Waals surface area contributed by atoms with E-state index in [-0.39, 0.29) is 5.56 Å². The summed E-state index contributed by atoms with van der Waals surface area (Å²) in [4.78, 5) is 21.7. The molecule has 0 aromatic heterocycles. The quantitative estimate of drug-likeness (QED) is 0.673. The molecule has 1 aromatic carbocycles. The molecule has 3 N–H and O–H groups in total. The van der Waals surface area contributed by atoms with Crippen molar-refractivity contribution in [1.82, 2.24) is 0 Å². The van der Waals surface area contributed by atoms with Crippen LogP contribution in [0.15, 0.2) is 18.2 Å². The first-order valence-corrected chi connectivity index (χ1v) is 5.33. The molecule has 0 heterocycles. The number of rotatable bonds is 5. The minimum atomic E-state index is -1.75. The number of carbonyl (C=O) groups excluding carboxylic acids is 1. The summed E-state index contributed by atoms with van der Waals surface area (Å²) in [5, 5.41) is 27.6. The Morgan fingerprint density at radius 3 is 2.53 bits per heavy atom. The average molecular weight is 272 g/mol. The maximum Gasteiger partial charge on any atom is 0.340 e. The number of halogens is 1. The molecule has 0 aliphatic rings. The maximum absolute atomic E-state index is 13.9. The number of aliphatic hydroxyl groups is 2. The summed E-state index contributed by atoms with van der Waals surface area (Å²) >= 11 is 0. The highest BCUT2D eigenvalue weighted by Crippen LogP contribution is 2.24. The van der Waals surface area contributed by atoms with Gasteiger partial charge in [-0.3, -0.25) is 4.79 Å². The number of ether oxygens (including phenoxy) is 1. The molecule has 1 aromatic rings. The fourth-order valence-corrected chi connectivity index (χ4v) is 1.54. The molecule has 0 saturated carbocycles. The van der Waals surface area contributed by atoms with Crippen LogP contribution in [0.1, 0.15) is 28.4 Å². The summed E-state index contributed by atoms with van der Waals surface area (Å²) in [5.41, 5.74) is -0.766. The summed E-state index contributed by atoms with van der Waals surface area (Å²) in [6, 6.07) is 3.60. The molecule has 0 radical (unpaired) electrons. The van der Waals surface area contributed by atoms with E-state index in [1.807, 2.05) is 0 Å². The first-order chi connectivity index (χ1) is 8.88. The Balaban J connectivity index is 3.07. The highest BCUT2D eigenvalue weighted by molar-refractivity contribution is 5.89. The SMILES string of the molecule is COC(=O)c1cccc(C(O)C(O)CC(=O)O)c1F. The number of carbonyl (C=O) groups is 2. The van der Waals surface area contributed by atoms with Gasteiger partial charge in [0.2, 0.25) is 0 Å². The van der Waals surface area contributed by atoms with Gasteiger partial charge in [0.1, 0.15) is 11.9 Å². The Labute approximate surface area is 108 Å². The van der Waals surface area contributed by atoms with Crippen molar-refractivity contribution in [2.24, 2.45) is 0 Å². The molecule has 7 heteroatoms. The van der Waals surface area contributed by atoms with Crippen LogP contribution in [0.25, 0.3) is 0 Å². The van der Waals surface area contributed by atoms with Crippen molar-refractivity contribution in [3.8, 4) is 0 Å². The fourth-order valence-electron chi connectivity index (χ4n) is 1.54. The van der Waals surface area contributed by atoms with Gasteiger partial charge in [-0.25, -0.2) is 9.18 Å². The molecule has 0 fully saturated rings. The van der Waals surface area contributed by atoms with Crippen molar-refractivity contribution in [2.75, 3.05) is 7.11 Å². The van der Waals surface area contributed by atoms with Gasteiger partial charge in [0.25, 0.3) is 0 Å². The Hall–Kier alpha value is -1.99. The highest BCUT2D eigenvalue weighted by atomic mass is 19.1. The monoisotopic (exact) mass is 272 g/mol. The second-order valence-electron chi connectivity index (χ2n) is 3.81. The van der Waals surface area contributed by atoms with Gasteiger partial charge in [-0.1, -0.05) is 12.1 Å². The second-order valence-corrected chi connectivity index (χ2v) is 3.81. The van der Waals surface area contributed by atoms with Crippen molar-refractivity contribution in [2.45, 2.75) is 18.6 Å². The van der Waals surface area contributed by atoms with E-state index in [2.05, 4.69) is 4.74 Å². The zero-order valence-electron chi connectivity index (χ0n) is 10.0. The molecule has 1 rings (SSSR count). The van der Waals surface area contributed by atoms with Gasteiger partial charge in [0.15, 0.2) is 0 Å². The van der Waals surface area contributed by atoms with E-state index in [4.69, 9.17) is 5.11 Å². The van der Waals surface area contributed by atoms with E-state index in [0.29, 0.717) is 0 Å². The molecule has 6 nitrogen and oxygen atoms in total. The average Bonchev–Trinajstić information content (AvgIpc) is 2.36. The van der Waals surface area contributed by atoms with Crippen molar-refractivity contribution in [3.63, 3.8) is 0 Å². The van der Waals surface area contributed by atoms with Crippen LogP contribution in [0.4, 0.5) is 4.39 Å². The molecular weight excluding hydrogens is 259 g/mol. The molecule has 0 bridgehead atoms. The van der Waals surface area contributed by atoms with Crippen molar-refractivity contribution in [1.29, 1.82) is 0 Å². The van der Waals surface area contributed by atoms with Gasteiger partial charge < -0.3 is 20.1 Å². The Morgan fingerprint density at radius 2 is 2.00 bits per heavy atom. The molecule has 0 saturated heterocycles. The lowest BCUT2D eigenvalue weighted by Gasteiger charge is -2.17. The van der Waals surface area contributed by atoms with Crippen LogP contribution >= 0.6 is 0 Å². The summed E-state index contributed by atoms with van der Waals surface area (Å²) < 4.78 is 18.3. The Morgan fingerprint density at radius 1 is 1.37 bits per heavy atom. The van der Waals surface area contributed by atoms with Crippen LogP contribution in [-0.4, -0.2) is 40.5 Å². The number of aliphatic hydroxyl groups excluding tert-OH is 2. The second kappa shape index (κ2) is 6.26. The van der Waals surface area contributed by atoms with Crippen LogP contribution in [0.5, 0.6) is 0 Å². The number of carboxylic acids is 1. The third-order valence-electron chi connectivity index (χ3n) is 2.50. The summed E-state index contributed by atoms with van der Waals surface area (Å²) in [5.74, 6) is -3.32. The van der Waals surface area contributed by atoms with Crippen molar-refractivity contribution < 1.29 is 34.0 Å². The van der Waals surface area contributed by atoms with E-state index < -0.39 is 41.9 Å². The lowest BCUT2D eigenvalue weighted by Crippen LogP contribution is -2.23. The minimum Gasteiger partial charge on any atom is -0.481 e. The molecule has 2 unspecified atom stereocenters.